The molecule has 1 N–H and O–H groups in total. The maximum absolute atomic E-state index is 11.9. The summed E-state index contributed by atoms with van der Waals surface area (Å²) < 4.78 is 27.2. The molecule has 0 unspecified atom stereocenters. The maximum atomic E-state index is 11.9. The van der Waals surface area contributed by atoms with E-state index in [-0.39, 0.29) is 5.75 Å². The summed E-state index contributed by atoms with van der Waals surface area (Å²) in [5, 5.41) is 0. The summed E-state index contributed by atoms with van der Waals surface area (Å²) in [6.45, 7) is 3.85. The first kappa shape index (κ1) is 15.8. The second-order valence-corrected chi connectivity index (χ2v) is 7.33. The number of benzene rings is 1. The highest BCUT2D eigenvalue weighted by atomic mass is 79.9. The molecule has 0 bridgehead atoms. The summed E-state index contributed by atoms with van der Waals surface area (Å²) in [5.41, 5.74) is 2.61. The van der Waals surface area contributed by atoms with Crippen LogP contribution < -0.4 is 4.72 Å². The van der Waals surface area contributed by atoms with Crippen molar-refractivity contribution >= 4 is 43.2 Å². The average molecular weight is 355 g/mol. The van der Waals surface area contributed by atoms with Gasteiger partial charge in [-0.05, 0) is 59.8 Å². The fourth-order valence-corrected chi connectivity index (χ4v) is 4.00. The van der Waals surface area contributed by atoms with Crippen molar-refractivity contribution in [3.63, 3.8) is 0 Å². The van der Waals surface area contributed by atoms with Crippen LogP contribution in [0, 0.1) is 13.8 Å². The minimum atomic E-state index is -3.30. The van der Waals surface area contributed by atoms with Gasteiger partial charge in [-0.2, -0.15) is 0 Å². The highest BCUT2D eigenvalue weighted by Crippen LogP contribution is 2.28. The van der Waals surface area contributed by atoms with Crippen molar-refractivity contribution in [3.8, 4) is 0 Å². The van der Waals surface area contributed by atoms with E-state index in [1.807, 2.05) is 26.0 Å². The summed E-state index contributed by atoms with van der Waals surface area (Å²) >= 11 is 8.92. The van der Waals surface area contributed by atoms with Crippen LogP contribution in [-0.2, 0) is 10.0 Å². The number of halogens is 2. The van der Waals surface area contributed by atoms with Gasteiger partial charge >= 0.3 is 0 Å². The molecule has 0 aliphatic carbocycles. The maximum Gasteiger partial charge on any atom is 0.232 e. The molecule has 0 aromatic heterocycles. The highest BCUT2D eigenvalue weighted by molar-refractivity contribution is 9.10. The zero-order valence-corrected chi connectivity index (χ0v) is 13.6. The van der Waals surface area contributed by atoms with E-state index in [9.17, 15) is 8.42 Å². The van der Waals surface area contributed by atoms with Gasteiger partial charge in [0.05, 0.1) is 11.4 Å². The van der Waals surface area contributed by atoms with Crippen molar-refractivity contribution in [3.05, 3.63) is 27.7 Å². The molecule has 0 aliphatic rings. The molecule has 0 spiro atoms. The van der Waals surface area contributed by atoms with Crippen LogP contribution in [0.4, 0.5) is 5.69 Å². The summed E-state index contributed by atoms with van der Waals surface area (Å²) in [6.07, 6.45) is 1.28. The first-order valence-corrected chi connectivity index (χ1v) is 8.67. The van der Waals surface area contributed by atoms with Gasteiger partial charge in [0, 0.05) is 10.4 Å². The number of nitrogens with one attached hydrogen (secondary N) is 1. The van der Waals surface area contributed by atoms with Crippen LogP contribution >= 0.6 is 27.5 Å². The van der Waals surface area contributed by atoms with Gasteiger partial charge < -0.3 is 0 Å². The Morgan fingerprint density at radius 1 is 1.28 bits per heavy atom. The lowest BCUT2D eigenvalue weighted by molar-refractivity contribution is 0.598. The molecule has 0 atom stereocenters. The first-order valence-electron chi connectivity index (χ1n) is 5.69. The van der Waals surface area contributed by atoms with E-state index in [1.54, 1.807) is 0 Å². The molecule has 0 saturated heterocycles. The standard InChI is InChI=1S/C12H17BrClNO2S/c1-9-7-10(2)12(11(13)8-9)15-18(16,17)6-4-3-5-14/h7-8,15H,3-6H2,1-2H3. The van der Waals surface area contributed by atoms with Crippen LogP contribution in [0.25, 0.3) is 0 Å². The van der Waals surface area contributed by atoms with Crippen LogP contribution in [0.3, 0.4) is 0 Å². The number of sulfonamides is 1. The van der Waals surface area contributed by atoms with Gasteiger partial charge in [0.25, 0.3) is 0 Å². The molecule has 0 saturated carbocycles. The van der Waals surface area contributed by atoms with Gasteiger partial charge in [0.15, 0.2) is 0 Å². The lowest BCUT2D eigenvalue weighted by atomic mass is 10.1. The number of anilines is 1. The molecule has 0 heterocycles. The van der Waals surface area contributed by atoms with Crippen molar-refractivity contribution in [2.45, 2.75) is 26.7 Å². The smallest absolute Gasteiger partial charge is 0.232 e. The number of rotatable bonds is 6. The molecule has 1 aromatic carbocycles. The third-order valence-corrected chi connectivity index (χ3v) is 4.72. The molecule has 0 amide bonds. The van der Waals surface area contributed by atoms with E-state index < -0.39 is 10.0 Å². The lowest BCUT2D eigenvalue weighted by Gasteiger charge is -2.13. The number of hydrogen-bond acceptors (Lipinski definition) is 2. The van der Waals surface area contributed by atoms with Crippen LogP contribution in [0.1, 0.15) is 24.0 Å². The zero-order chi connectivity index (χ0) is 13.8. The van der Waals surface area contributed by atoms with E-state index in [1.165, 1.54) is 0 Å². The van der Waals surface area contributed by atoms with Crippen LogP contribution in [0.2, 0.25) is 0 Å². The minimum Gasteiger partial charge on any atom is -0.282 e. The van der Waals surface area contributed by atoms with Crippen LogP contribution in [0.5, 0.6) is 0 Å². The Kier molecular flexibility index (Phi) is 5.95. The van der Waals surface area contributed by atoms with E-state index in [4.69, 9.17) is 11.6 Å². The van der Waals surface area contributed by atoms with Crippen LogP contribution in [-0.4, -0.2) is 20.1 Å². The molecule has 1 aromatic rings. The van der Waals surface area contributed by atoms with Gasteiger partial charge in [-0.3, -0.25) is 4.72 Å². The second-order valence-electron chi connectivity index (χ2n) is 4.26. The van der Waals surface area contributed by atoms with Crippen molar-refractivity contribution in [1.82, 2.24) is 0 Å². The first-order chi connectivity index (χ1) is 8.35. The number of hydrogen-bond donors (Lipinski definition) is 1. The van der Waals surface area contributed by atoms with Crippen molar-refractivity contribution in [1.29, 1.82) is 0 Å². The molecule has 1 rings (SSSR count). The Labute approximate surface area is 122 Å². The second kappa shape index (κ2) is 6.78. The topological polar surface area (TPSA) is 46.2 Å². The number of aryl methyl sites for hydroxylation is 2. The fourth-order valence-electron chi connectivity index (χ4n) is 1.64. The molecule has 3 nitrogen and oxygen atoms in total. The number of unbranched alkanes of at least 4 members (excludes halogenated alkanes) is 1. The normalized spacial score (nSPS) is 11.6. The minimum absolute atomic E-state index is 0.0967. The zero-order valence-electron chi connectivity index (χ0n) is 10.5. The van der Waals surface area contributed by atoms with Gasteiger partial charge in [0.2, 0.25) is 10.0 Å². The largest absolute Gasteiger partial charge is 0.282 e. The Bertz CT molecular complexity index is 494. The molecular weight excluding hydrogens is 338 g/mol. The van der Waals surface area contributed by atoms with Crippen LogP contribution in [0.15, 0.2) is 16.6 Å². The molecular formula is C12H17BrClNO2S. The molecule has 102 valence electrons. The molecule has 0 aliphatic heterocycles. The lowest BCUT2D eigenvalue weighted by Crippen LogP contribution is -2.17. The van der Waals surface area contributed by atoms with Gasteiger partial charge in [-0.15, -0.1) is 11.6 Å². The van der Waals surface area contributed by atoms with E-state index in [0.717, 1.165) is 15.6 Å². The molecule has 6 heteroatoms. The number of alkyl halides is 1. The predicted molar refractivity (Wildman–Crippen MR) is 81.0 cm³/mol. The fraction of sp³-hybridized carbons (Fsp3) is 0.500. The Morgan fingerprint density at radius 3 is 2.50 bits per heavy atom. The van der Waals surface area contributed by atoms with Gasteiger partial charge in [0.1, 0.15) is 0 Å². The van der Waals surface area contributed by atoms with E-state index in [0.29, 0.717) is 24.4 Å². The van der Waals surface area contributed by atoms with Crippen molar-refractivity contribution < 1.29 is 8.42 Å². The molecule has 0 fully saturated rings. The third kappa shape index (κ3) is 4.78. The SMILES string of the molecule is Cc1cc(C)c(NS(=O)(=O)CCCCCl)c(Br)c1. The third-order valence-electron chi connectivity index (χ3n) is 2.49. The predicted octanol–water partition coefficient (Wildman–Crippen LogP) is 3.83. The highest BCUT2D eigenvalue weighted by Gasteiger charge is 2.14. The van der Waals surface area contributed by atoms with E-state index in [2.05, 4.69) is 20.7 Å². The average Bonchev–Trinajstić information content (AvgIpc) is 2.23. The monoisotopic (exact) mass is 353 g/mol. The van der Waals surface area contributed by atoms with Crippen molar-refractivity contribution in [2.24, 2.45) is 0 Å². The van der Waals surface area contributed by atoms with Gasteiger partial charge in [-0.25, -0.2) is 8.42 Å². The van der Waals surface area contributed by atoms with E-state index >= 15 is 0 Å². The quantitative estimate of drug-likeness (QED) is 0.623. The Hall–Kier alpha value is -0.260. The molecule has 18 heavy (non-hydrogen) atoms. The van der Waals surface area contributed by atoms with Crippen molar-refractivity contribution in [2.75, 3.05) is 16.4 Å². The summed E-state index contributed by atoms with van der Waals surface area (Å²) in [6, 6.07) is 3.84. The van der Waals surface area contributed by atoms with Gasteiger partial charge in [-0.1, -0.05) is 6.07 Å². The summed E-state index contributed by atoms with van der Waals surface area (Å²) in [4.78, 5) is 0. The molecule has 0 radical (unpaired) electrons. The Balaban J connectivity index is 2.84. The summed E-state index contributed by atoms with van der Waals surface area (Å²) in [5.74, 6) is 0.586. The summed E-state index contributed by atoms with van der Waals surface area (Å²) in [7, 11) is -3.30. The Morgan fingerprint density at radius 2 is 1.94 bits per heavy atom.